The maximum absolute atomic E-state index is 5.85. The summed E-state index contributed by atoms with van der Waals surface area (Å²) in [6.07, 6.45) is 0. The second kappa shape index (κ2) is 11.0. The second-order valence-electron chi connectivity index (χ2n) is 4.51. The van der Waals surface area contributed by atoms with Gasteiger partial charge >= 0.3 is 0 Å². The molecular formula is C15H22I2O4. The molecule has 0 saturated heterocycles. The smallest absolute Gasteiger partial charge is 0.135 e. The topological polar surface area (TPSA) is 36.9 Å². The second-order valence-corrected chi connectivity index (χ2v) is 6.75. The largest absolute Gasteiger partial charge is 0.490 e. The van der Waals surface area contributed by atoms with E-state index in [1.807, 2.05) is 0 Å². The number of hydrogen-bond donors (Lipinski definition) is 0. The van der Waals surface area contributed by atoms with Gasteiger partial charge in [-0.1, -0.05) is 0 Å². The average molecular weight is 520 g/mol. The van der Waals surface area contributed by atoms with Crippen molar-refractivity contribution >= 4 is 45.2 Å². The van der Waals surface area contributed by atoms with Crippen LogP contribution in [-0.2, 0) is 14.2 Å². The molecule has 0 unspecified atom stereocenters. The Kier molecular flexibility index (Phi) is 10.1. The van der Waals surface area contributed by atoms with Crippen LogP contribution in [0.25, 0.3) is 0 Å². The molecule has 1 rings (SSSR count). The van der Waals surface area contributed by atoms with Crippen LogP contribution < -0.4 is 4.74 Å². The van der Waals surface area contributed by atoms with Crippen molar-refractivity contribution in [2.75, 3.05) is 46.8 Å². The first-order chi connectivity index (χ1) is 10.1. The molecule has 0 bridgehead atoms. The standard InChI is InChI=1S/C15H22I2O4/c1-11-10-13(16)12(2)14(17)15(11)21-9-8-20-7-6-19-5-4-18-3/h10H,4-9H2,1-3H3. The summed E-state index contributed by atoms with van der Waals surface area (Å²) in [6, 6.07) is 2.15. The van der Waals surface area contributed by atoms with Crippen LogP contribution in [0.4, 0.5) is 0 Å². The van der Waals surface area contributed by atoms with E-state index in [9.17, 15) is 0 Å². The number of benzene rings is 1. The molecule has 0 aliphatic carbocycles. The third-order valence-corrected chi connectivity index (χ3v) is 5.29. The fourth-order valence-corrected chi connectivity index (χ4v) is 3.78. The molecule has 0 atom stereocenters. The van der Waals surface area contributed by atoms with Crippen LogP contribution in [0.1, 0.15) is 11.1 Å². The fourth-order valence-electron chi connectivity index (χ4n) is 1.66. The number of aryl methyl sites for hydroxylation is 1. The van der Waals surface area contributed by atoms with Crippen molar-refractivity contribution in [3.63, 3.8) is 0 Å². The summed E-state index contributed by atoms with van der Waals surface area (Å²) in [7, 11) is 1.66. The first kappa shape index (κ1) is 19.4. The predicted octanol–water partition coefficient (Wildman–Crippen LogP) is 3.57. The highest BCUT2D eigenvalue weighted by molar-refractivity contribution is 14.1. The van der Waals surface area contributed by atoms with Crippen LogP contribution in [0, 0.1) is 21.0 Å². The molecule has 4 nitrogen and oxygen atoms in total. The van der Waals surface area contributed by atoms with E-state index in [1.54, 1.807) is 7.11 Å². The van der Waals surface area contributed by atoms with Gasteiger partial charge in [-0.2, -0.15) is 0 Å². The van der Waals surface area contributed by atoms with Gasteiger partial charge in [-0.3, -0.25) is 0 Å². The molecule has 0 heterocycles. The predicted molar refractivity (Wildman–Crippen MR) is 100 cm³/mol. The first-order valence-electron chi connectivity index (χ1n) is 6.80. The lowest BCUT2D eigenvalue weighted by atomic mass is 10.1. The van der Waals surface area contributed by atoms with Gasteiger partial charge in [0, 0.05) is 10.7 Å². The van der Waals surface area contributed by atoms with Gasteiger partial charge in [0.25, 0.3) is 0 Å². The Hall–Kier alpha value is 0.360. The maximum atomic E-state index is 5.85. The van der Waals surface area contributed by atoms with Gasteiger partial charge in [-0.25, -0.2) is 0 Å². The zero-order valence-corrected chi connectivity index (χ0v) is 17.0. The van der Waals surface area contributed by atoms with Crippen LogP contribution in [-0.4, -0.2) is 46.8 Å². The lowest BCUT2D eigenvalue weighted by Crippen LogP contribution is -2.13. The summed E-state index contributed by atoms with van der Waals surface area (Å²) in [5.74, 6) is 0.966. The summed E-state index contributed by atoms with van der Waals surface area (Å²) in [5.41, 5.74) is 2.43. The van der Waals surface area contributed by atoms with Crippen LogP contribution in [0.2, 0.25) is 0 Å². The van der Waals surface area contributed by atoms with Gasteiger partial charge in [0.15, 0.2) is 0 Å². The molecule has 21 heavy (non-hydrogen) atoms. The minimum Gasteiger partial charge on any atom is -0.490 e. The monoisotopic (exact) mass is 520 g/mol. The van der Waals surface area contributed by atoms with E-state index in [0.29, 0.717) is 39.6 Å². The zero-order valence-electron chi connectivity index (χ0n) is 12.7. The minimum absolute atomic E-state index is 0.551. The number of methoxy groups -OCH3 is 1. The Bertz CT molecular complexity index is 438. The Labute approximate surface area is 154 Å². The highest BCUT2D eigenvalue weighted by atomic mass is 127. The van der Waals surface area contributed by atoms with Crippen molar-refractivity contribution in [2.45, 2.75) is 13.8 Å². The number of halogens is 2. The van der Waals surface area contributed by atoms with Crippen LogP contribution in [0.5, 0.6) is 5.75 Å². The highest BCUT2D eigenvalue weighted by Gasteiger charge is 2.11. The van der Waals surface area contributed by atoms with Crippen molar-refractivity contribution in [3.05, 3.63) is 24.3 Å². The third-order valence-electron chi connectivity index (χ3n) is 2.87. The molecule has 0 fully saturated rings. The Morgan fingerprint density at radius 1 is 0.905 bits per heavy atom. The van der Waals surface area contributed by atoms with Crippen molar-refractivity contribution in [1.29, 1.82) is 0 Å². The van der Waals surface area contributed by atoms with E-state index >= 15 is 0 Å². The Morgan fingerprint density at radius 3 is 2.10 bits per heavy atom. The molecule has 0 aromatic heterocycles. The van der Waals surface area contributed by atoms with Gasteiger partial charge in [-0.15, -0.1) is 0 Å². The van der Waals surface area contributed by atoms with Gasteiger partial charge in [0.2, 0.25) is 0 Å². The molecule has 0 amide bonds. The van der Waals surface area contributed by atoms with Crippen molar-refractivity contribution in [3.8, 4) is 5.75 Å². The molecule has 0 spiro atoms. The molecule has 0 aliphatic rings. The molecular weight excluding hydrogens is 498 g/mol. The van der Waals surface area contributed by atoms with Crippen LogP contribution >= 0.6 is 45.2 Å². The maximum Gasteiger partial charge on any atom is 0.135 e. The molecule has 120 valence electrons. The first-order valence-corrected chi connectivity index (χ1v) is 8.96. The summed E-state index contributed by atoms with van der Waals surface area (Å²) in [4.78, 5) is 0. The van der Waals surface area contributed by atoms with E-state index in [2.05, 4.69) is 65.1 Å². The van der Waals surface area contributed by atoms with E-state index in [0.717, 1.165) is 11.3 Å². The summed E-state index contributed by atoms with van der Waals surface area (Å²) >= 11 is 4.69. The van der Waals surface area contributed by atoms with Gasteiger partial charge < -0.3 is 18.9 Å². The van der Waals surface area contributed by atoms with Crippen molar-refractivity contribution < 1.29 is 18.9 Å². The number of rotatable bonds is 10. The molecule has 0 radical (unpaired) electrons. The van der Waals surface area contributed by atoms with Crippen LogP contribution in [0.15, 0.2) is 6.07 Å². The van der Waals surface area contributed by atoms with Gasteiger partial charge in [0.1, 0.15) is 12.4 Å². The Morgan fingerprint density at radius 2 is 1.48 bits per heavy atom. The Balaban J connectivity index is 2.23. The van der Waals surface area contributed by atoms with Gasteiger partial charge in [-0.05, 0) is 76.2 Å². The third kappa shape index (κ3) is 6.98. The molecule has 1 aromatic carbocycles. The lowest BCUT2D eigenvalue weighted by Gasteiger charge is -2.14. The van der Waals surface area contributed by atoms with Crippen molar-refractivity contribution in [2.24, 2.45) is 0 Å². The summed E-state index contributed by atoms with van der Waals surface area (Å²) in [6.45, 7) is 7.69. The summed E-state index contributed by atoms with van der Waals surface area (Å²) in [5, 5.41) is 0. The normalized spacial score (nSPS) is 10.9. The number of ether oxygens (including phenoxy) is 4. The van der Waals surface area contributed by atoms with Crippen molar-refractivity contribution in [1.82, 2.24) is 0 Å². The summed E-state index contributed by atoms with van der Waals surface area (Å²) < 4.78 is 24.0. The highest BCUT2D eigenvalue weighted by Crippen LogP contribution is 2.31. The van der Waals surface area contributed by atoms with Crippen LogP contribution in [0.3, 0.4) is 0 Å². The lowest BCUT2D eigenvalue weighted by molar-refractivity contribution is 0.0178. The molecule has 0 N–H and O–H groups in total. The van der Waals surface area contributed by atoms with Gasteiger partial charge in [0.05, 0.1) is 36.6 Å². The van der Waals surface area contributed by atoms with E-state index < -0.39 is 0 Å². The van der Waals surface area contributed by atoms with E-state index in [4.69, 9.17) is 18.9 Å². The molecule has 1 aromatic rings. The molecule has 0 aliphatic heterocycles. The number of hydrogen-bond acceptors (Lipinski definition) is 4. The molecule has 0 saturated carbocycles. The minimum atomic E-state index is 0.551. The van der Waals surface area contributed by atoms with E-state index in [-0.39, 0.29) is 0 Å². The zero-order chi connectivity index (χ0) is 15.7. The average Bonchev–Trinajstić information content (AvgIpc) is 2.46. The quantitative estimate of drug-likeness (QED) is 0.350. The SMILES string of the molecule is COCCOCCOCCOc1c(C)cc(I)c(C)c1I. The molecule has 6 heteroatoms. The van der Waals surface area contributed by atoms with E-state index in [1.165, 1.54) is 12.7 Å². The fraction of sp³-hybridized carbons (Fsp3) is 0.600.